The summed E-state index contributed by atoms with van der Waals surface area (Å²) in [5.74, 6) is 0.0124. The molecule has 16 heavy (non-hydrogen) atoms. The molecule has 0 aliphatic carbocycles. The third-order valence-corrected chi connectivity index (χ3v) is 2.76. The fraction of sp³-hybridized carbons (Fsp3) is 0.917. The van der Waals surface area contributed by atoms with Crippen LogP contribution in [0, 0.1) is 0 Å². The van der Waals surface area contributed by atoms with Crippen LogP contribution in [0.3, 0.4) is 0 Å². The van der Waals surface area contributed by atoms with Gasteiger partial charge in [0, 0.05) is 20.2 Å². The highest BCUT2D eigenvalue weighted by Gasteiger charge is 2.29. The normalized spacial score (nSPS) is 14.6. The molecule has 0 aliphatic heterocycles. The molecule has 0 saturated heterocycles. The fourth-order valence-corrected chi connectivity index (χ4v) is 1.80. The minimum absolute atomic E-state index is 0.0124. The summed E-state index contributed by atoms with van der Waals surface area (Å²) in [7, 11) is 1.79. The van der Waals surface area contributed by atoms with Crippen LogP contribution in [-0.4, -0.2) is 41.7 Å². The first kappa shape index (κ1) is 15.4. The molecule has 0 spiro atoms. The van der Waals surface area contributed by atoms with E-state index in [1.165, 1.54) is 0 Å². The number of nitrogens with zero attached hydrogens (tertiary/aromatic N) is 1. The van der Waals surface area contributed by atoms with Crippen LogP contribution in [0.15, 0.2) is 0 Å². The van der Waals surface area contributed by atoms with Crippen molar-refractivity contribution in [1.82, 2.24) is 4.90 Å². The number of carbonyl (C=O) groups excluding carboxylic acids is 1. The summed E-state index contributed by atoms with van der Waals surface area (Å²) in [4.78, 5) is 13.7. The second kappa shape index (κ2) is 7.63. The molecule has 0 saturated carbocycles. The van der Waals surface area contributed by atoms with Gasteiger partial charge in [0.25, 0.3) is 0 Å². The summed E-state index contributed by atoms with van der Waals surface area (Å²) >= 11 is 0. The van der Waals surface area contributed by atoms with Crippen molar-refractivity contribution in [3.63, 3.8) is 0 Å². The van der Waals surface area contributed by atoms with E-state index in [1.54, 1.807) is 18.9 Å². The van der Waals surface area contributed by atoms with Gasteiger partial charge in [0.15, 0.2) is 0 Å². The fourth-order valence-electron chi connectivity index (χ4n) is 1.80. The number of likely N-dealkylation sites (N-methyl/N-ethyl adjacent to an activating group) is 1. The number of aliphatic hydroxyl groups is 1. The minimum Gasteiger partial charge on any atom is -0.396 e. The number of rotatable bonds is 8. The quantitative estimate of drug-likeness (QED) is 0.614. The Bertz CT molecular complexity index is 205. The average molecular weight is 230 g/mol. The molecule has 0 aromatic rings. The molecule has 4 nitrogen and oxygen atoms in total. The van der Waals surface area contributed by atoms with Gasteiger partial charge in [0.1, 0.15) is 0 Å². The van der Waals surface area contributed by atoms with Gasteiger partial charge >= 0.3 is 0 Å². The van der Waals surface area contributed by atoms with Crippen molar-refractivity contribution >= 4 is 5.91 Å². The predicted octanol–water partition coefficient (Wildman–Crippen LogP) is 1.12. The van der Waals surface area contributed by atoms with Crippen LogP contribution in [0.25, 0.3) is 0 Å². The van der Waals surface area contributed by atoms with Gasteiger partial charge in [0.05, 0.1) is 5.54 Å². The third-order valence-electron chi connectivity index (χ3n) is 2.76. The van der Waals surface area contributed by atoms with Gasteiger partial charge in [-0.2, -0.15) is 0 Å². The lowest BCUT2D eigenvalue weighted by molar-refractivity contribution is -0.135. The molecule has 0 heterocycles. The Morgan fingerprint density at radius 1 is 1.38 bits per heavy atom. The van der Waals surface area contributed by atoms with Crippen LogP contribution in [0.1, 0.15) is 46.0 Å². The summed E-state index contributed by atoms with van der Waals surface area (Å²) in [6, 6.07) is 0. The summed E-state index contributed by atoms with van der Waals surface area (Å²) < 4.78 is 0. The van der Waals surface area contributed by atoms with Crippen molar-refractivity contribution in [3.05, 3.63) is 0 Å². The average Bonchev–Trinajstić information content (AvgIpc) is 2.23. The van der Waals surface area contributed by atoms with Crippen LogP contribution >= 0.6 is 0 Å². The molecule has 0 rings (SSSR count). The van der Waals surface area contributed by atoms with Gasteiger partial charge in [-0.1, -0.05) is 13.3 Å². The predicted molar refractivity (Wildman–Crippen MR) is 66.1 cm³/mol. The Morgan fingerprint density at radius 2 is 2.00 bits per heavy atom. The second-order valence-corrected chi connectivity index (χ2v) is 4.68. The Kier molecular flexibility index (Phi) is 7.34. The van der Waals surface area contributed by atoms with Crippen LogP contribution in [0.2, 0.25) is 0 Å². The largest absolute Gasteiger partial charge is 0.396 e. The highest BCUT2D eigenvalue weighted by Crippen LogP contribution is 2.12. The van der Waals surface area contributed by atoms with E-state index >= 15 is 0 Å². The topological polar surface area (TPSA) is 66.6 Å². The zero-order valence-corrected chi connectivity index (χ0v) is 10.8. The van der Waals surface area contributed by atoms with Gasteiger partial charge in [-0.05, 0) is 32.6 Å². The molecule has 3 N–H and O–H groups in total. The molecule has 0 aliphatic rings. The van der Waals surface area contributed by atoms with Gasteiger partial charge in [-0.15, -0.1) is 0 Å². The standard InChI is InChI=1S/C12H26N2O2/c1-4-8-12(2,13)11(16)14(3)9-6-5-7-10-15/h15H,4-10,13H2,1-3H3. The van der Waals surface area contributed by atoms with E-state index in [0.29, 0.717) is 6.42 Å². The molecular formula is C12H26N2O2. The first-order chi connectivity index (χ1) is 7.45. The van der Waals surface area contributed by atoms with Crippen LogP contribution < -0.4 is 5.73 Å². The number of hydrogen-bond donors (Lipinski definition) is 2. The Morgan fingerprint density at radius 3 is 2.50 bits per heavy atom. The van der Waals surface area contributed by atoms with Crippen LogP contribution in [0.4, 0.5) is 0 Å². The summed E-state index contributed by atoms with van der Waals surface area (Å²) in [5.41, 5.74) is 5.24. The van der Waals surface area contributed by atoms with E-state index < -0.39 is 5.54 Å². The zero-order valence-electron chi connectivity index (χ0n) is 10.8. The van der Waals surface area contributed by atoms with E-state index in [4.69, 9.17) is 10.8 Å². The molecule has 0 radical (unpaired) electrons. The van der Waals surface area contributed by atoms with Crippen molar-refractivity contribution in [3.8, 4) is 0 Å². The lowest BCUT2D eigenvalue weighted by atomic mass is 9.96. The van der Waals surface area contributed by atoms with Crippen molar-refractivity contribution in [2.75, 3.05) is 20.2 Å². The first-order valence-electron chi connectivity index (χ1n) is 6.11. The molecule has 0 aromatic carbocycles. The van der Waals surface area contributed by atoms with Crippen molar-refractivity contribution < 1.29 is 9.90 Å². The molecule has 0 fully saturated rings. The van der Waals surface area contributed by atoms with Crippen LogP contribution in [-0.2, 0) is 4.79 Å². The van der Waals surface area contributed by atoms with E-state index in [1.807, 2.05) is 6.92 Å². The zero-order chi connectivity index (χ0) is 12.6. The van der Waals surface area contributed by atoms with E-state index in [-0.39, 0.29) is 12.5 Å². The maximum Gasteiger partial charge on any atom is 0.242 e. The van der Waals surface area contributed by atoms with Gasteiger partial charge in [-0.25, -0.2) is 0 Å². The maximum atomic E-state index is 12.0. The smallest absolute Gasteiger partial charge is 0.242 e. The maximum absolute atomic E-state index is 12.0. The van der Waals surface area contributed by atoms with Gasteiger partial charge in [-0.3, -0.25) is 4.79 Å². The lowest BCUT2D eigenvalue weighted by Crippen LogP contribution is -2.52. The summed E-state index contributed by atoms with van der Waals surface area (Å²) in [5, 5.41) is 8.64. The monoisotopic (exact) mass is 230 g/mol. The highest BCUT2D eigenvalue weighted by molar-refractivity contribution is 5.85. The number of unbranched alkanes of at least 4 members (excludes halogenated alkanes) is 2. The van der Waals surface area contributed by atoms with Gasteiger partial charge < -0.3 is 15.7 Å². The molecule has 0 aromatic heterocycles. The van der Waals surface area contributed by atoms with Crippen molar-refractivity contribution in [1.29, 1.82) is 0 Å². The van der Waals surface area contributed by atoms with Crippen molar-refractivity contribution in [2.45, 2.75) is 51.5 Å². The highest BCUT2D eigenvalue weighted by atomic mass is 16.2. The molecule has 96 valence electrons. The molecule has 0 bridgehead atoms. The van der Waals surface area contributed by atoms with E-state index in [0.717, 1.165) is 32.2 Å². The number of nitrogens with two attached hydrogens (primary N) is 1. The first-order valence-corrected chi connectivity index (χ1v) is 6.11. The van der Waals surface area contributed by atoms with Crippen LogP contribution in [0.5, 0.6) is 0 Å². The minimum atomic E-state index is -0.736. The number of amides is 1. The molecule has 4 heteroatoms. The lowest BCUT2D eigenvalue weighted by Gasteiger charge is -2.29. The molecule has 1 atom stereocenters. The summed E-state index contributed by atoms with van der Waals surface area (Å²) in [6.07, 6.45) is 4.30. The van der Waals surface area contributed by atoms with E-state index in [9.17, 15) is 4.79 Å². The second-order valence-electron chi connectivity index (χ2n) is 4.68. The number of carbonyl (C=O) groups is 1. The number of aliphatic hydroxyl groups excluding tert-OH is 1. The Hall–Kier alpha value is -0.610. The Labute approximate surface area is 98.8 Å². The molecular weight excluding hydrogens is 204 g/mol. The van der Waals surface area contributed by atoms with Gasteiger partial charge in [0.2, 0.25) is 5.91 Å². The van der Waals surface area contributed by atoms with E-state index in [2.05, 4.69) is 0 Å². The third kappa shape index (κ3) is 5.47. The SMILES string of the molecule is CCCC(C)(N)C(=O)N(C)CCCCCO. The van der Waals surface area contributed by atoms with Crippen molar-refractivity contribution in [2.24, 2.45) is 5.73 Å². The molecule has 1 unspecified atom stereocenters. The molecule has 1 amide bonds. The summed E-state index contributed by atoms with van der Waals surface area (Å²) in [6.45, 7) is 4.76. The number of hydrogen-bond acceptors (Lipinski definition) is 3. The Balaban J connectivity index is 3.97.